The minimum atomic E-state index is 0.292. The Kier molecular flexibility index (Phi) is 10.5. The van der Waals surface area contributed by atoms with E-state index in [1.807, 2.05) is 18.2 Å². The summed E-state index contributed by atoms with van der Waals surface area (Å²) in [5.74, 6) is 1.75. The Morgan fingerprint density at radius 2 is 1.84 bits per heavy atom. The standard InChI is InChI=1S/C31H40N4O2/c1-25(36)12-6-5-8-20-35-19-7-3-2-4-9-21-37-29-16-11-14-27(23-29)30-17-18-32-31(34-30)33-28-15-10-13-26(22-28)24-35/h10-11,13-18,22-23H,2-9,12,19-21,24H2,1H3,(H,32,33,34). The number of unbranched alkanes of at least 4 members (excludes halogenated alkanes) is 2. The minimum Gasteiger partial charge on any atom is -0.494 e. The van der Waals surface area contributed by atoms with Gasteiger partial charge in [-0.3, -0.25) is 4.90 Å². The van der Waals surface area contributed by atoms with E-state index in [9.17, 15) is 4.79 Å². The van der Waals surface area contributed by atoms with E-state index in [4.69, 9.17) is 9.72 Å². The van der Waals surface area contributed by atoms with E-state index in [0.717, 1.165) is 74.6 Å². The Labute approximate surface area is 221 Å². The monoisotopic (exact) mass is 500 g/mol. The number of ketones is 1. The maximum absolute atomic E-state index is 11.3. The highest BCUT2D eigenvalue weighted by Gasteiger charge is 2.09. The third kappa shape index (κ3) is 9.29. The number of carbonyl (C=O) groups excluding carboxylic acids is 1. The number of rotatable bonds is 6. The van der Waals surface area contributed by atoms with Crippen molar-refractivity contribution in [1.29, 1.82) is 0 Å². The van der Waals surface area contributed by atoms with Gasteiger partial charge in [-0.25, -0.2) is 9.97 Å². The zero-order valence-corrected chi connectivity index (χ0v) is 22.1. The van der Waals surface area contributed by atoms with Crippen LogP contribution in [0.1, 0.15) is 70.3 Å². The normalized spacial score (nSPS) is 15.3. The van der Waals surface area contributed by atoms with Crippen LogP contribution >= 0.6 is 0 Å². The molecule has 0 amide bonds. The summed E-state index contributed by atoms with van der Waals surface area (Å²) < 4.78 is 6.04. The molecule has 0 atom stereocenters. The average Bonchev–Trinajstić information content (AvgIpc) is 2.89. The van der Waals surface area contributed by atoms with Gasteiger partial charge in [0.2, 0.25) is 5.95 Å². The number of hydrogen-bond donors (Lipinski definition) is 1. The van der Waals surface area contributed by atoms with Crippen LogP contribution in [0.15, 0.2) is 60.8 Å². The van der Waals surface area contributed by atoms with Crippen molar-refractivity contribution in [2.75, 3.05) is 25.0 Å². The quantitative estimate of drug-likeness (QED) is 0.362. The average molecular weight is 501 g/mol. The number of hydrogen-bond acceptors (Lipinski definition) is 6. The van der Waals surface area contributed by atoms with Crippen molar-refractivity contribution < 1.29 is 9.53 Å². The van der Waals surface area contributed by atoms with Crippen molar-refractivity contribution >= 4 is 17.4 Å². The number of ether oxygens (including phenoxy) is 1. The molecule has 0 radical (unpaired) electrons. The number of anilines is 2. The van der Waals surface area contributed by atoms with Crippen molar-refractivity contribution in [3.8, 4) is 17.0 Å². The summed E-state index contributed by atoms with van der Waals surface area (Å²) in [5, 5.41) is 3.40. The maximum Gasteiger partial charge on any atom is 0.227 e. The fourth-order valence-electron chi connectivity index (χ4n) is 4.77. The largest absolute Gasteiger partial charge is 0.494 e. The van der Waals surface area contributed by atoms with Gasteiger partial charge in [-0.1, -0.05) is 49.9 Å². The Hall–Kier alpha value is -3.25. The molecular weight excluding hydrogens is 460 g/mol. The molecule has 1 aliphatic heterocycles. The number of nitrogens with one attached hydrogen (secondary N) is 1. The first kappa shape index (κ1) is 26.8. The number of benzene rings is 2. The summed E-state index contributed by atoms with van der Waals surface area (Å²) in [6.07, 6.45) is 11.7. The molecule has 2 aromatic carbocycles. The summed E-state index contributed by atoms with van der Waals surface area (Å²) >= 11 is 0. The molecule has 6 bridgehead atoms. The van der Waals surface area contributed by atoms with Crippen LogP contribution < -0.4 is 10.1 Å². The second-order valence-corrected chi connectivity index (χ2v) is 10.0. The number of carbonyl (C=O) groups is 1. The molecule has 1 aliphatic rings. The predicted molar refractivity (Wildman–Crippen MR) is 150 cm³/mol. The molecule has 0 saturated carbocycles. The third-order valence-corrected chi connectivity index (χ3v) is 6.77. The molecule has 6 nitrogen and oxygen atoms in total. The van der Waals surface area contributed by atoms with E-state index in [1.54, 1.807) is 13.1 Å². The highest BCUT2D eigenvalue weighted by Crippen LogP contribution is 2.24. The van der Waals surface area contributed by atoms with Crippen LogP contribution in [0.5, 0.6) is 5.75 Å². The molecule has 0 fully saturated rings. The fourth-order valence-corrected chi connectivity index (χ4v) is 4.77. The Morgan fingerprint density at radius 1 is 0.973 bits per heavy atom. The first-order chi connectivity index (χ1) is 18.2. The molecule has 0 spiro atoms. The predicted octanol–water partition coefficient (Wildman–Crippen LogP) is 7.18. The molecule has 1 aromatic heterocycles. The van der Waals surface area contributed by atoms with E-state index >= 15 is 0 Å². The van der Waals surface area contributed by atoms with Crippen LogP contribution in [-0.4, -0.2) is 40.3 Å². The molecule has 2 heterocycles. The minimum absolute atomic E-state index is 0.292. The number of fused-ring (bicyclic) bond motifs is 7. The summed E-state index contributed by atoms with van der Waals surface area (Å²) in [6.45, 7) is 5.50. The second-order valence-electron chi connectivity index (χ2n) is 10.0. The molecule has 196 valence electrons. The Balaban J connectivity index is 1.48. The molecular formula is C31H40N4O2. The van der Waals surface area contributed by atoms with Crippen LogP contribution in [0.2, 0.25) is 0 Å². The lowest BCUT2D eigenvalue weighted by atomic mass is 10.1. The summed E-state index contributed by atoms with van der Waals surface area (Å²) in [4.78, 5) is 23.0. The van der Waals surface area contributed by atoms with E-state index in [2.05, 4.69) is 51.6 Å². The Bertz CT molecular complexity index is 1130. The molecule has 0 aliphatic carbocycles. The van der Waals surface area contributed by atoms with Gasteiger partial charge in [-0.2, -0.15) is 0 Å². The van der Waals surface area contributed by atoms with E-state index < -0.39 is 0 Å². The summed E-state index contributed by atoms with van der Waals surface area (Å²) in [6, 6.07) is 18.6. The number of aromatic nitrogens is 2. The van der Waals surface area contributed by atoms with Gasteiger partial charge in [0.05, 0.1) is 12.3 Å². The number of nitrogens with zero attached hydrogens (tertiary/aromatic N) is 3. The van der Waals surface area contributed by atoms with E-state index in [-0.39, 0.29) is 0 Å². The zero-order chi connectivity index (χ0) is 25.7. The molecule has 0 saturated heterocycles. The van der Waals surface area contributed by atoms with Crippen molar-refractivity contribution in [2.45, 2.75) is 71.3 Å². The van der Waals surface area contributed by atoms with Crippen molar-refractivity contribution in [1.82, 2.24) is 14.9 Å². The molecule has 4 rings (SSSR count). The first-order valence-electron chi connectivity index (χ1n) is 13.8. The molecule has 0 unspecified atom stereocenters. The van der Waals surface area contributed by atoms with Gasteiger partial charge in [-0.05, 0) is 81.6 Å². The highest BCUT2D eigenvalue weighted by atomic mass is 16.5. The van der Waals surface area contributed by atoms with Crippen LogP contribution in [-0.2, 0) is 11.3 Å². The fraction of sp³-hybridized carbons (Fsp3) is 0.452. The molecule has 37 heavy (non-hydrogen) atoms. The third-order valence-electron chi connectivity index (χ3n) is 6.77. The van der Waals surface area contributed by atoms with Crippen molar-refractivity contribution in [3.63, 3.8) is 0 Å². The smallest absolute Gasteiger partial charge is 0.227 e. The Morgan fingerprint density at radius 3 is 2.76 bits per heavy atom. The lowest BCUT2D eigenvalue weighted by molar-refractivity contribution is -0.117. The summed E-state index contributed by atoms with van der Waals surface area (Å²) in [7, 11) is 0. The van der Waals surface area contributed by atoms with E-state index in [0.29, 0.717) is 18.2 Å². The second kappa shape index (κ2) is 14.5. The molecule has 6 heteroatoms. The van der Waals surface area contributed by atoms with Crippen LogP contribution in [0, 0.1) is 0 Å². The van der Waals surface area contributed by atoms with Gasteiger partial charge >= 0.3 is 0 Å². The SMILES string of the molecule is CC(=O)CCCCCN1CCCCCCCOc2cccc(c2)-c2ccnc(n2)Nc2cccc(c2)C1. The van der Waals surface area contributed by atoms with Gasteiger partial charge in [0.1, 0.15) is 11.5 Å². The van der Waals surface area contributed by atoms with Crippen LogP contribution in [0.3, 0.4) is 0 Å². The van der Waals surface area contributed by atoms with Crippen LogP contribution in [0.25, 0.3) is 11.3 Å². The highest BCUT2D eigenvalue weighted by molar-refractivity contribution is 5.75. The number of Topliss-reactive ketones (excluding diaryl/α,β-unsaturated/α-hetero) is 1. The van der Waals surface area contributed by atoms with Gasteiger partial charge in [0.25, 0.3) is 0 Å². The zero-order valence-electron chi connectivity index (χ0n) is 22.1. The van der Waals surface area contributed by atoms with Crippen molar-refractivity contribution in [2.24, 2.45) is 0 Å². The first-order valence-corrected chi connectivity index (χ1v) is 13.8. The van der Waals surface area contributed by atoms with Gasteiger partial charge in [0.15, 0.2) is 0 Å². The molecule has 3 aromatic rings. The molecule has 1 N–H and O–H groups in total. The lowest BCUT2D eigenvalue weighted by Crippen LogP contribution is -2.25. The summed E-state index contributed by atoms with van der Waals surface area (Å²) in [5.41, 5.74) is 4.15. The topological polar surface area (TPSA) is 67.4 Å². The van der Waals surface area contributed by atoms with Gasteiger partial charge in [0, 0.05) is 30.4 Å². The van der Waals surface area contributed by atoms with E-state index in [1.165, 1.54) is 31.2 Å². The lowest BCUT2D eigenvalue weighted by Gasteiger charge is -2.23. The van der Waals surface area contributed by atoms with Crippen molar-refractivity contribution in [3.05, 3.63) is 66.4 Å². The maximum atomic E-state index is 11.3. The van der Waals surface area contributed by atoms with Gasteiger partial charge in [-0.15, -0.1) is 0 Å². The van der Waals surface area contributed by atoms with Crippen LogP contribution in [0.4, 0.5) is 11.6 Å². The van der Waals surface area contributed by atoms with Gasteiger partial charge < -0.3 is 14.8 Å².